The van der Waals surface area contributed by atoms with Gasteiger partial charge < -0.3 is 33.8 Å². The number of aliphatic hydroxyl groups excluding tert-OH is 2. The van der Waals surface area contributed by atoms with E-state index in [-0.39, 0.29) is 38.5 Å². The van der Waals surface area contributed by atoms with Gasteiger partial charge in [0.15, 0.2) is 29.1 Å². The molecule has 2 aromatic carbocycles. The molecular weight excluding hydrogens is 731 g/mol. The molecule has 2 aromatic heterocycles. The van der Waals surface area contributed by atoms with E-state index in [2.05, 4.69) is 15.0 Å². The number of rotatable bonds is 12. The predicted molar refractivity (Wildman–Crippen MR) is 179 cm³/mol. The van der Waals surface area contributed by atoms with Gasteiger partial charge in [-0.3, -0.25) is 9.09 Å². The first-order valence-electron chi connectivity index (χ1n) is 14.9. The highest BCUT2D eigenvalue weighted by atomic mass is 35.5. The van der Waals surface area contributed by atoms with Crippen molar-refractivity contribution in [2.24, 2.45) is 0 Å². The van der Waals surface area contributed by atoms with Gasteiger partial charge in [-0.2, -0.15) is 9.97 Å². The number of hydrogen-bond donors (Lipinski definition) is 3. The zero-order valence-corrected chi connectivity index (χ0v) is 29.4. The highest BCUT2D eigenvalue weighted by Crippen LogP contribution is 2.61. The van der Waals surface area contributed by atoms with Crippen LogP contribution in [0.4, 0.5) is 5.82 Å². The average molecular weight is 763 g/mol. The lowest BCUT2D eigenvalue weighted by Gasteiger charge is -2.25. The fourth-order valence-electron chi connectivity index (χ4n) is 5.77. The maximum absolute atomic E-state index is 14.1. The molecule has 0 amide bonds. The van der Waals surface area contributed by atoms with Gasteiger partial charge in [0.05, 0.1) is 12.9 Å². The van der Waals surface area contributed by atoms with Crippen molar-refractivity contribution in [1.82, 2.24) is 19.5 Å². The summed E-state index contributed by atoms with van der Waals surface area (Å²) >= 11 is 18.3. The van der Waals surface area contributed by atoms with E-state index >= 15 is 0 Å². The number of ether oxygens (including phenoxy) is 1. The largest absolute Gasteiger partial charge is 0.424 e. The molecule has 1 saturated carbocycles. The second kappa shape index (κ2) is 14.4. The number of fused-ring (bicyclic) bond motifs is 1. The molecule has 2 unspecified atom stereocenters. The van der Waals surface area contributed by atoms with Crippen LogP contribution in [0.1, 0.15) is 31.9 Å². The SMILES string of the molecule is CN(c1nc(Cl)nc2c1ncn2[C@@H]1O[C@H](COP(=O)(CP(=O)(O)Oc2cccc(Cl)c2)Oc2cccc(Cl)c2)[C@@H](O)[C@H]1O)C1CCCC1. The van der Waals surface area contributed by atoms with E-state index in [1.54, 1.807) is 12.1 Å². The van der Waals surface area contributed by atoms with Gasteiger partial charge >= 0.3 is 15.2 Å². The van der Waals surface area contributed by atoms with Gasteiger partial charge in [-0.25, -0.2) is 14.1 Å². The highest BCUT2D eigenvalue weighted by Gasteiger charge is 2.47. The van der Waals surface area contributed by atoms with Crippen molar-refractivity contribution in [2.45, 2.75) is 56.3 Å². The van der Waals surface area contributed by atoms with Gasteiger partial charge in [0.2, 0.25) is 5.28 Å². The summed E-state index contributed by atoms with van der Waals surface area (Å²) < 4.78 is 51.1. The Morgan fingerprint density at radius 3 is 2.27 bits per heavy atom. The van der Waals surface area contributed by atoms with Gasteiger partial charge in [0, 0.05) is 23.1 Å². The second-order valence-electron chi connectivity index (χ2n) is 11.5. The van der Waals surface area contributed by atoms with Crippen LogP contribution < -0.4 is 13.9 Å². The summed E-state index contributed by atoms with van der Waals surface area (Å²) in [6, 6.07) is 11.9. The molecule has 2 fully saturated rings. The monoisotopic (exact) mass is 761 g/mol. The van der Waals surface area contributed by atoms with Crippen LogP contribution >= 0.6 is 50.0 Å². The summed E-state index contributed by atoms with van der Waals surface area (Å²) in [7, 11) is -7.33. The number of aromatic nitrogens is 4. The number of nitrogens with zero attached hydrogens (tertiary/aromatic N) is 5. The Kier molecular flexibility index (Phi) is 10.6. The number of halogens is 3. The van der Waals surface area contributed by atoms with Gasteiger partial charge in [-0.15, -0.1) is 0 Å². The molecule has 48 heavy (non-hydrogen) atoms. The van der Waals surface area contributed by atoms with Crippen LogP contribution in [0.5, 0.6) is 11.5 Å². The molecule has 1 aliphatic heterocycles. The maximum atomic E-state index is 14.1. The third kappa shape index (κ3) is 7.94. The Morgan fingerprint density at radius 2 is 1.62 bits per heavy atom. The lowest BCUT2D eigenvalue weighted by molar-refractivity contribution is -0.0482. The van der Waals surface area contributed by atoms with Crippen LogP contribution in [0.15, 0.2) is 54.9 Å². The lowest BCUT2D eigenvalue weighted by Crippen LogP contribution is -2.33. The molecule has 0 radical (unpaired) electrons. The molecule has 6 rings (SSSR count). The van der Waals surface area contributed by atoms with Crippen molar-refractivity contribution in [3.05, 3.63) is 70.2 Å². The van der Waals surface area contributed by atoms with E-state index in [0.29, 0.717) is 11.3 Å². The Bertz CT molecular complexity index is 1880. The van der Waals surface area contributed by atoms with E-state index in [9.17, 15) is 24.2 Å². The Morgan fingerprint density at radius 1 is 0.979 bits per heavy atom. The van der Waals surface area contributed by atoms with Crippen molar-refractivity contribution in [2.75, 3.05) is 24.5 Å². The summed E-state index contributed by atoms with van der Waals surface area (Å²) in [4.78, 5) is 25.9. The van der Waals surface area contributed by atoms with Crippen LogP contribution in [0.3, 0.4) is 0 Å². The molecule has 19 heteroatoms. The number of hydrogen-bond acceptors (Lipinski definition) is 12. The molecule has 1 aliphatic carbocycles. The van der Waals surface area contributed by atoms with E-state index < -0.39 is 52.2 Å². The third-order valence-corrected chi connectivity index (χ3v) is 13.0. The first-order chi connectivity index (χ1) is 22.8. The molecule has 1 saturated heterocycles. The number of aliphatic hydroxyl groups is 2. The molecule has 258 valence electrons. The van der Waals surface area contributed by atoms with Crippen LogP contribution in [0, 0.1) is 0 Å². The summed E-state index contributed by atoms with van der Waals surface area (Å²) in [6.45, 7) is -0.623. The molecular formula is C29H32Cl3N5O9P2. The zero-order chi connectivity index (χ0) is 34.2. The molecule has 3 heterocycles. The minimum atomic E-state index is -4.70. The van der Waals surface area contributed by atoms with Crippen LogP contribution in [-0.4, -0.2) is 78.5 Å². The van der Waals surface area contributed by atoms with E-state index in [0.717, 1.165) is 25.7 Å². The summed E-state index contributed by atoms with van der Waals surface area (Å²) in [5.74, 6) is -0.625. The molecule has 0 spiro atoms. The molecule has 4 aromatic rings. The molecule has 14 nitrogen and oxygen atoms in total. The Hall–Kier alpha value is -2.48. The van der Waals surface area contributed by atoms with Crippen LogP contribution in [-0.2, 0) is 18.4 Å². The lowest BCUT2D eigenvalue weighted by atomic mass is 10.1. The summed E-state index contributed by atoms with van der Waals surface area (Å²) in [5, 5.41) is 22.5. The van der Waals surface area contributed by atoms with Gasteiger partial charge in [0.1, 0.15) is 29.8 Å². The van der Waals surface area contributed by atoms with Gasteiger partial charge in [-0.05, 0) is 60.8 Å². The Balaban J connectivity index is 1.22. The fraction of sp³-hybridized carbons (Fsp3) is 0.414. The maximum Gasteiger partial charge on any atom is 0.392 e. The van der Waals surface area contributed by atoms with Crippen molar-refractivity contribution in [3.8, 4) is 11.5 Å². The normalized spacial score (nSPS) is 24.0. The summed E-state index contributed by atoms with van der Waals surface area (Å²) in [5.41, 5.74) is 0.693. The highest BCUT2D eigenvalue weighted by molar-refractivity contribution is 7.71. The molecule has 2 aliphatic rings. The van der Waals surface area contributed by atoms with Crippen LogP contribution in [0.2, 0.25) is 15.3 Å². The first-order valence-corrected chi connectivity index (χ1v) is 19.5. The quantitative estimate of drug-likeness (QED) is 0.108. The minimum Gasteiger partial charge on any atom is -0.424 e. The van der Waals surface area contributed by atoms with Crippen molar-refractivity contribution in [3.63, 3.8) is 0 Å². The average Bonchev–Trinajstić information content (AvgIpc) is 3.75. The van der Waals surface area contributed by atoms with Crippen molar-refractivity contribution in [1.29, 1.82) is 0 Å². The first kappa shape index (κ1) is 35.3. The molecule has 0 bridgehead atoms. The Labute approximate surface area is 290 Å². The number of anilines is 1. The standard InChI is InChI=1S/C29H32Cl3N5O9P2/c1-36(19-8-2-3-9-19)26-23-27(35-29(32)34-26)37(15-33-23)28-25(39)24(38)22(44-28)14-43-48(42,46-21-11-5-7-18(31)13-21)16-47(40,41)45-20-10-4-6-17(30)12-20/h4-7,10-13,15,19,22,24-25,28,38-39H,2-3,8-9,14,16H2,1H3,(H,40,41)/t22-,24-,25-,28-,48?/m1/s1. The van der Waals surface area contributed by atoms with E-state index in [1.165, 1.54) is 47.3 Å². The van der Waals surface area contributed by atoms with Crippen molar-refractivity contribution >= 4 is 67.0 Å². The summed E-state index contributed by atoms with van der Waals surface area (Å²) in [6.07, 6.45) is 0.0736. The number of imidazole rings is 1. The van der Waals surface area contributed by atoms with E-state index in [4.69, 9.17) is 53.1 Å². The number of benzene rings is 2. The topological polar surface area (TPSA) is 179 Å². The molecule has 6 atom stereocenters. The molecule has 3 N–H and O–H groups in total. The fourth-order valence-corrected chi connectivity index (χ4v) is 10.1. The van der Waals surface area contributed by atoms with Gasteiger partial charge in [0.25, 0.3) is 0 Å². The van der Waals surface area contributed by atoms with Crippen molar-refractivity contribution < 1.29 is 42.5 Å². The predicted octanol–water partition coefficient (Wildman–Crippen LogP) is 6.30. The third-order valence-electron chi connectivity index (χ3n) is 8.07. The van der Waals surface area contributed by atoms with E-state index in [1.807, 2.05) is 11.9 Å². The van der Waals surface area contributed by atoms with Crippen LogP contribution in [0.25, 0.3) is 11.2 Å². The minimum absolute atomic E-state index is 0.0146. The second-order valence-corrected chi connectivity index (χ2v) is 17.0. The zero-order valence-electron chi connectivity index (χ0n) is 25.4. The smallest absolute Gasteiger partial charge is 0.392 e. The van der Waals surface area contributed by atoms with Gasteiger partial charge in [-0.1, -0.05) is 48.2 Å².